The van der Waals surface area contributed by atoms with E-state index in [9.17, 15) is 4.79 Å². The van der Waals surface area contributed by atoms with E-state index in [2.05, 4.69) is 15.3 Å². The topological polar surface area (TPSA) is 80.9 Å². The van der Waals surface area contributed by atoms with Crippen molar-refractivity contribution in [3.05, 3.63) is 23.5 Å². The monoisotopic (exact) mass is 278 g/mol. The number of anilines is 2. The van der Waals surface area contributed by atoms with E-state index in [-0.39, 0.29) is 5.91 Å². The minimum atomic E-state index is -0.481. The molecular weight excluding hydrogens is 264 g/mol. The molecule has 0 atom stereocenters. The molecule has 2 heterocycles. The molecule has 19 heavy (non-hydrogen) atoms. The van der Waals surface area contributed by atoms with Crippen molar-refractivity contribution in [3.63, 3.8) is 0 Å². The molecule has 2 rings (SSSR count). The molecule has 0 spiro atoms. The molecule has 0 aliphatic rings. The van der Waals surface area contributed by atoms with Crippen molar-refractivity contribution in [1.29, 1.82) is 0 Å². The van der Waals surface area contributed by atoms with Crippen LogP contribution in [0, 0.1) is 5.41 Å². The molecule has 2 aromatic rings. The van der Waals surface area contributed by atoms with Crippen molar-refractivity contribution in [1.82, 2.24) is 9.97 Å². The molecule has 5 nitrogen and oxygen atoms in total. The van der Waals surface area contributed by atoms with Crippen LogP contribution in [0.3, 0.4) is 0 Å². The maximum atomic E-state index is 11.9. The average molecular weight is 279 g/mol. The predicted molar refractivity (Wildman–Crippen MR) is 77.0 cm³/mol. The van der Waals surface area contributed by atoms with Crippen LogP contribution in [-0.4, -0.2) is 15.9 Å². The summed E-state index contributed by atoms with van der Waals surface area (Å²) >= 11 is 5.86. The number of hydrogen-bond donors (Lipinski definition) is 2. The number of amides is 1. The Hall–Kier alpha value is -1.88. The fourth-order valence-electron chi connectivity index (χ4n) is 1.51. The number of nitrogens with zero attached hydrogens (tertiary/aromatic N) is 2. The summed E-state index contributed by atoms with van der Waals surface area (Å²) in [4.78, 5) is 20.0. The van der Waals surface area contributed by atoms with Gasteiger partial charge in [-0.15, -0.1) is 0 Å². The molecule has 3 N–H and O–H groups in total. The predicted octanol–water partition coefficient (Wildman–Crippen LogP) is 2.85. The first-order valence-electron chi connectivity index (χ1n) is 5.80. The lowest BCUT2D eigenvalue weighted by Gasteiger charge is -2.17. The number of nitrogen functional groups attached to an aromatic ring is 1. The van der Waals surface area contributed by atoms with Crippen LogP contribution in [0.5, 0.6) is 0 Å². The number of halogens is 1. The number of hydrogen-bond acceptors (Lipinski definition) is 4. The Labute approximate surface area is 116 Å². The van der Waals surface area contributed by atoms with Gasteiger partial charge < -0.3 is 11.1 Å². The number of aromatic nitrogens is 2. The Bertz CT molecular complexity index is 649. The van der Waals surface area contributed by atoms with Gasteiger partial charge in [-0.25, -0.2) is 9.97 Å². The van der Waals surface area contributed by atoms with Gasteiger partial charge in [-0.2, -0.15) is 0 Å². The normalized spacial score (nSPS) is 11.6. The van der Waals surface area contributed by atoms with E-state index in [1.807, 2.05) is 20.8 Å². The van der Waals surface area contributed by atoms with Gasteiger partial charge in [0.15, 0.2) is 0 Å². The molecule has 0 aliphatic carbocycles. The molecule has 0 bridgehead atoms. The highest BCUT2D eigenvalue weighted by Gasteiger charge is 2.21. The third-order valence-corrected chi connectivity index (χ3v) is 2.83. The number of rotatable bonds is 1. The Kier molecular flexibility index (Phi) is 3.32. The van der Waals surface area contributed by atoms with Crippen LogP contribution in [0.25, 0.3) is 10.8 Å². The van der Waals surface area contributed by atoms with Crippen molar-refractivity contribution in [2.45, 2.75) is 20.8 Å². The summed E-state index contributed by atoms with van der Waals surface area (Å²) in [5, 5.41) is 4.56. The van der Waals surface area contributed by atoms with Crippen molar-refractivity contribution in [2.24, 2.45) is 5.41 Å². The highest BCUT2D eigenvalue weighted by atomic mass is 35.5. The van der Waals surface area contributed by atoms with E-state index in [0.29, 0.717) is 22.2 Å². The third-order valence-electron chi connectivity index (χ3n) is 2.64. The number of pyridine rings is 2. The molecule has 0 fully saturated rings. The van der Waals surface area contributed by atoms with Gasteiger partial charge in [0.2, 0.25) is 5.91 Å². The molecule has 0 aromatic carbocycles. The summed E-state index contributed by atoms with van der Waals surface area (Å²) in [5.74, 6) is 0.685. The van der Waals surface area contributed by atoms with Crippen LogP contribution in [0.2, 0.25) is 5.15 Å². The van der Waals surface area contributed by atoms with Gasteiger partial charge in [-0.05, 0) is 17.5 Å². The Morgan fingerprint density at radius 1 is 1.37 bits per heavy atom. The van der Waals surface area contributed by atoms with Gasteiger partial charge in [0.25, 0.3) is 0 Å². The largest absolute Gasteiger partial charge is 0.383 e. The van der Waals surface area contributed by atoms with Crippen molar-refractivity contribution >= 4 is 39.9 Å². The number of carbonyl (C=O) groups excluding carboxylic acids is 1. The van der Waals surface area contributed by atoms with E-state index in [1.54, 1.807) is 18.3 Å². The van der Waals surface area contributed by atoms with E-state index in [4.69, 9.17) is 17.3 Å². The lowest BCUT2D eigenvalue weighted by Crippen LogP contribution is -2.27. The molecule has 1 amide bonds. The van der Waals surface area contributed by atoms with Gasteiger partial charge in [0, 0.05) is 17.0 Å². The maximum Gasteiger partial charge on any atom is 0.230 e. The van der Waals surface area contributed by atoms with Crippen molar-refractivity contribution in [3.8, 4) is 0 Å². The van der Waals surface area contributed by atoms with Crippen LogP contribution in [0.1, 0.15) is 20.8 Å². The quantitative estimate of drug-likeness (QED) is 0.786. The van der Waals surface area contributed by atoms with Gasteiger partial charge in [0.1, 0.15) is 16.8 Å². The Balaban J connectivity index is 2.40. The average Bonchev–Trinajstić information content (AvgIpc) is 2.26. The van der Waals surface area contributed by atoms with Crippen LogP contribution in [0.4, 0.5) is 11.6 Å². The maximum absolute atomic E-state index is 11.9. The summed E-state index contributed by atoms with van der Waals surface area (Å²) in [6.45, 7) is 5.51. The smallest absolute Gasteiger partial charge is 0.230 e. The first kappa shape index (κ1) is 13.5. The number of nitrogens with one attached hydrogen (secondary N) is 1. The summed E-state index contributed by atoms with van der Waals surface area (Å²) < 4.78 is 0. The number of nitrogens with two attached hydrogens (primary N) is 1. The Morgan fingerprint density at radius 2 is 2.05 bits per heavy atom. The van der Waals surface area contributed by atoms with Crippen molar-refractivity contribution in [2.75, 3.05) is 11.1 Å². The second kappa shape index (κ2) is 4.66. The van der Waals surface area contributed by atoms with E-state index < -0.39 is 5.41 Å². The highest BCUT2D eigenvalue weighted by Crippen LogP contribution is 2.25. The first-order chi connectivity index (χ1) is 8.77. The number of carbonyl (C=O) groups is 1. The second-order valence-corrected chi connectivity index (χ2v) is 5.71. The fourth-order valence-corrected chi connectivity index (χ4v) is 1.72. The minimum Gasteiger partial charge on any atom is -0.383 e. The lowest BCUT2D eigenvalue weighted by atomic mass is 9.96. The summed E-state index contributed by atoms with van der Waals surface area (Å²) in [6, 6.07) is 3.41. The lowest BCUT2D eigenvalue weighted by molar-refractivity contribution is -0.123. The first-order valence-corrected chi connectivity index (χ1v) is 6.18. The summed E-state index contributed by atoms with van der Waals surface area (Å²) in [7, 11) is 0. The molecule has 6 heteroatoms. The van der Waals surface area contributed by atoms with E-state index in [0.717, 1.165) is 5.39 Å². The molecule has 0 unspecified atom stereocenters. The van der Waals surface area contributed by atoms with Crippen LogP contribution in [-0.2, 0) is 4.79 Å². The summed E-state index contributed by atoms with van der Waals surface area (Å²) in [6.07, 6.45) is 1.58. The minimum absolute atomic E-state index is 0.104. The second-order valence-electron chi connectivity index (χ2n) is 5.33. The standard InChI is InChI=1S/C13H15ClN4O/c1-13(2,3)12(19)18-10-5-7-4-9(14)17-11(15)8(7)6-16-10/h4-6H,1-3H3,(H2,15,17)(H,16,18,19). The van der Waals surface area contributed by atoms with E-state index >= 15 is 0 Å². The van der Waals surface area contributed by atoms with Gasteiger partial charge >= 0.3 is 0 Å². The highest BCUT2D eigenvalue weighted by molar-refractivity contribution is 6.30. The van der Waals surface area contributed by atoms with E-state index in [1.165, 1.54) is 0 Å². The van der Waals surface area contributed by atoms with Crippen LogP contribution < -0.4 is 11.1 Å². The van der Waals surface area contributed by atoms with Gasteiger partial charge in [-0.3, -0.25) is 4.79 Å². The number of fused-ring (bicyclic) bond motifs is 1. The zero-order valence-electron chi connectivity index (χ0n) is 11.0. The third kappa shape index (κ3) is 2.93. The van der Waals surface area contributed by atoms with Gasteiger partial charge in [-0.1, -0.05) is 32.4 Å². The zero-order valence-corrected chi connectivity index (χ0v) is 11.7. The molecule has 100 valence electrons. The molecule has 2 aromatic heterocycles. The van der Waals surface area contributed by atoms with Crippen LogP contribution in [0.15, 0.2) is 18.3 Å². The summed E-state index contributed by atoms with van der Waals surface area (Å²) in [5.41, 5.74) is 5.27. The molecule has 0 saturated heterocycles. The molecule has 0 radical (unpaired) electrons. The molecular formula is C13H15ClN4O. The fraction of sp³-hybridized carbons (Fsp3) is 0.308. The van der Waals surface area contributed by atoms with Crippen LogP contribution >= 0.6 is 11.6 Å². The molecule has 0 aliphatic heterocycles. The van der Waals surface area contributed by atoms with Gasteiger partial charge in [0.05, 0.1) is 0 Å². The zero-order chi connectivity index (χ0) is 14.2. The molecule has 0 saturated carbocycles. The van der Waals surface area contributed by atoms with Crippen molar-refractivity contribution < 1.29 is 4.79 Å². The SMILES string of the molecule is CC(C)(C)C(=O)Nc1cc2cc(Cl)nc(N)c2cn1. The Morgan fingerprint density at radius 3 is 2.68 bits per heavy atom.